The van der Waals surface area contributed by atoms with Gasteiger partial charge in [0.1, 0.15) is 5.82 Å². The Hall–Kier alpha value is -3.01. The van der Waals surface area contributed by atoms with Crippen molar-refractivity contribution in [1.29, 1.82) is 0 Å². The Bertz CT molecular complexity index is 983. The fourth-order valence-corrected chi connectivity index (χ4v) is 3.38. The molecule has 0 aromatic heterocycles. The van der Waals surface area contributed by atoms with E-state index < -0.39 is 24.5 Å². The van der Waals surface area contributed by atoms with Crippen LogP contribution in [0.4, 0.5) is 23.7 Å². The van der Waals surface area contributed by atoms with Crippen LogP contribution in [0.3, 0.4) is 0 Å². The van der Waals surface area contributed by atoms with Gasteiger partial charge in [0.25, 0.3) is 0 Å². The third kappa shape index (κ3) is 4.93. The zero-order valence-electron chi connectivity index (χ0n) is 15.6. The summed E-state index contributed by atoms with van der Waals surface area (Å²) in [6, 6.07) is 6.85. The summed E-state index contributed by atoms with van der Waals surface area (Å²) >= 11 is 3.20. The molecule has 6 nitrogen and oxygen atoms in total. The highest BCUT2D eigenvalue weighted by Crippen LogP contribution is 2.38. The molecule has 1 N–H and O–H groups in total. The second kappa shape index (κ2) is 9.21. The lowest BCUT2D eigenvalue weighted by Gasteiger charge is -2.31. The van der Waals surface area contributed by atoms with E-state index in [0.29, 0.717) is 5.56 Å². The van der Waals surface area contributed by atoms with E-state index in [1.807, 2.05) is 0 Å². The van der Waals surface area contributed by atoms with Crippen LogP contribution in [0.5, 0.6) is 11.5 Å². The van der Waals surface area contributed by atoms with Gasteiger partial charge in [-0.15, -0.1) is 0 Å². The molecule has 158 valence electrons. The molecule has 0 fully saturated rings. The molecule has 1 unspecified atom stereocenters. The topological polar surface area (TPSA) is 67.9 Å². The zero-order chi connectivity index (χ0) is 21.8. The molecular weight excluding hydrogens is 469 g/mol. The number of carbonyl (C=O) groups is 2. The van der Waals surface area contributed by atoms with Gasteiger partial charge in [0.2, 0.25) is 0 Å². The molecule has 0 aliphatic carbocycles. The summed E-state index contributed by atoms with van der Waals surface area (Å²) in [5.74, 6) is -0.822. The number of benzene rings is 2. The summed E-state index contributed by atoms with van der Waals surface area (Å²) in [7, 11) is 1.27. The number of halogens is 4. The highest BCUT2D eigenvalue weighted by molar-refractivity contribution is 9.10. The van der Waals surface area contributed by atoms with Crippen LogP contribution in [0.15, 0.2) is 53.1 Å². The number of allylic oxidation sites excluding steroid dienone is 1. The fourth-order valence-electron chi connectivity index (χ4n) is 2.96. The summed E-state index contributed by atoms with van der Waals surface area (Å²) in [5, 5.41) is 2.64. The first-order chi connectivity index (χ1) is 14.3. The van der Waals surface area contributed by atoms with Gasteiger partial charge in [-0.25, -0.2) is 9.18 Å². The Kier molecular flexibility index (Phi) is 6.66. The largest absolute Gasteiger partial charge is 0.493 e. The van der Waals surface area contributed by atoms with Crippen LogP contribution < -0.4 is 14.8 Å². The van der Waals surface area contributed by atoms with Gasteiger partial charge < -0.3 is 14.8 Å². The molecule has 0 bridgehead atoms. The van der Waals surface area contributed by atoms with Crippen LogP contribution >= 0.6 is 15.9 Å². The third-order valence-corrected chi connectivity index (χ3v) is 5.01. The Balaban J connectivity index is 1.87. The van der Waals surface area contributed by atoms with Crippen molar-refractivity contribution in [3.8, 4) is 11.5 Å². The van der Waals surface area contributed by atoms with Crippen LogP contribution in [-0.4, -0.2) is 30.4 Å². The molecule has 0 saturated carbocycles. The van der Waals surface area contributed by atoms with Crippen LogP contribution in [0.1, 0.15) is 18.0 Å². The summed E-state index contributed by atoms with van der Waals surface area (Å²) in [6.07, 6.45) is 2.64. The Morgan fingerprint density at radius 1 is 1.23 bits per heavy atom. The van der Waals surface area contributed by atoms with E-state index in [0.717, 1.165) is 0 Å². The van der Waals surface area contributed by atoms with Crippen LogP contribution in [0.2, 0.25) is 0 Å². The Labute approximate surface area is 178 Å². The van der Waals surface area contributed by atoms with Gasteiger partial charge in [0, 0.05) is 29.2 Å². The van der Waals surface area contributed by atoms with Crippen molar-refractivity contribution in [3.05, 3.63) is 64.5 Å². The molecule has 0 radical (unpaired) electrons. The van der Waals surface area contributed by atoms with Gasteiger partial charge in [-0.05, 0) is 39.7 Å². The fraction of sp³-hybridized carbons (Fsp3) is 0.200. The highest BCUT2D eigenvalue weighted by atomic mass is 79.9. The van der Waals surface area contributed by atoms with E-state index in [1.165, 1.54) is 60.7 Å². The molecule has 1 heterocycles. The third-order valence-electron chi connectivity index (χ3n) is 4.35. The van der Waals surface area contributed by atoms with Gasteiger partial charge in [-0.1, -0.05) is 12.1 Å². The Morgan fingerprint density at radius 2 is 1.93 bits per heavy atom. The standard InChI is InChI=1S/C20H16BrF3N2O4/c1-29-17-10-15(14(21)9-18(17)30-19(23)24)25-20(28)26-7-6-13(27)8-16(26)11-2-4-12(22)5-3-11/h2-7,9-10,16,19H,8H2,1H3,(H,25,28). The predicted molar refractivity (Wildman–Crippen MR) is 106 cm³/mol. The van der Waals surface area contributed by atoms with Crippen LogP contribution in [-0.2, 0) is 4.79 Å². The van der Waals surface area contributed by atoms with E-state index in [4.69, 9.17) is 4.74 Å². The van der Waals surface area contributed by atoms with Gasteiger partial charge in [0.15, 0.2) is 17.3 Å². The summed E-state index contributed by atoms with van der Waals surface area (Å²) < 4.78 is 48.1. The first kappa shape index (κ1) is 21.7. The minimum Gasteiger partial charge on any atom is -0.493 e. The van der Waals surface area contributed by atoms with E-state index in [9.17, 15) is 22.8 Å². The molecule has 0 saturated heterocycles. The van der Waals surface area contributed by atoms with E-state index in [-0.39, 0.29) is 33.9 Å². The smallest absolute Gasteiger partial charge is 0.387 e. The lowest BCUT2D eigenvalue weighted by Crippen LogP contribution is -2.37. The molecule has 2 aromatic rings. The first-order valence-electron chi connectivity index (χ1n) is 8.66. The molecule has 1 atom stereocenters. The summed E-state index contributed by atoms with van der Waals surface area (Å²) in [5.41, 5.74) is 0.822. The maximum absolute atomic E-state index is 13.3. The number of ketones is 1. The summed E-state index contributed by atoms with van der Waals surface area (Å²) in [4.78, 5) is 26.1. The van der Waals surface area contributed by atoms with Crippen molar-refractivity contribution in [2.24, 2.45) is 0 Å². The van der Waals surface area contributed by atoms with Crippen molar-refractivity contribution < 1.29 is 32.2 Å². The quantitative estimate of drug-likeness (QED) is 0.628. The van der Waals surface area contributed by atoms with Gasteiger partial charge in [-0.3, -0.25) is 9.69 Å². The van der Waals surface area contributed by atoms with Gasteiger partial charge in [-0.2, -0.15) is 8.78 Å². The van der Waals surface area contributed by atoms with Crippen LogP contribution in [0, 0.1) is 5.82 Å². The normalized spacial score (nSPS) is 16.0. The van der Waals surface area contributed by atoms with E-state index >= 15 is 0 Å². The van der Waals surface area contributed by atoms with E-state index in [1.54, 1.807) is 0 Å². The molecule has 2 amide bonds. The number of methoxy groups -OCH3 is 1. The lowest BCUT2D eigenvalue weighted by molar-refractivity contribution is -0.116. The minimum absolute atomic E-state index is 0.00625. The molecule has 2 aromatic carbocycles. The molecular formula is C20H16BrF3N2O4. The van der Waals surface area contributed by atoms with Gasteiger partial charge in [0.05, 0.1) is 18.8 Å². The number of amides is 2. The van der Waals surface area contributed by atoms with E-state index in [2.05, 4.69) is 26.0 Å². The number of nitrogens with zero attached hydrogens (tertiary/aromatic N) is 1. The lowest BCUT2D eigenvalue weighted by atomic mass is 9.97. The van der Waals surface area contributed by atoms with Crippen LogP contribution in [0.25, 0.3) is 0 Å². The SMILES string of the molecule is COc1cc(NC(=O)N2C=CC(=O)CC2c2ccc(F)cc2)c(Br)cc1OC(F)F. The second-order valence-electron chi connectivity index (χ2n) is 6.25. The number of ether oxygens (including phenoxy) is 2. The molecule has 1 aliphatic heterocycles. The second-order valence-corrected chi connectivity index (χ2v) is 7.11. The number of rotatable bonds is 5. The first-order valence-corrected chi connectivity index (χ1v) is 9.46. The number of anilines is 1. The molecule has 30 heavy (non-hydrogen) atoms. The van der Waals surface area contributed by atoms with Gasteiger partial charge >= 0.3 is 12.6 Å². The van der Waals surface area contributed by atoms with Crippen molar-refractivity contribution in [2.75, 3.05) is 12.4 Å². The number of urea groups is 1. The summed E-state index contributed by atoms with van der Waals surface area (Å²) in [6.45, 7) is -3.04. The predicted octanol–water partition coefficient (Wildman–Crippen LogP) is 5.26. The number of alkyl halides is 2. The molecule has 10 heteroatoms. The molecule has 3 rings (SSSR count). The molecule has 0 spiro atoms. The number of hydrogen-bond acceptors (Lipinski definition) is 4. The molecule has 1 aliphatic rings. The number of hydrogen-bond donors (Lipinski definition) is 1. The Morgan fingerprint density at radius 3 is 2.57 bits per heavy atom. The number of carbonyl (C=O) groups excluding carboxylic acids is 2. The highest BCUT2D eigenvalue weighted by Gasteiger charge is 2.29. The van der Waals surface area contributed by atoms with Crippen molar-refractivity contribution >= 4 is 33.4 Å². The maximum Gasteiger partial charge on any atom is 0.387 e. The van der Waals surface area contributed by atoms with Crippen molar-refractivity contribution in [1.82, 2.24) is 4.90 Å². The van der Waals surface area contributed by atoms with Crippen molar-refractivity contribution in [3.63, 3.8) is 0 Å². The average molecular weight is 485 g/mol. The monoisotopic (exact) mass is 484 g/mol. The van der Waals surface area contributed by atoms with Crippen molar-refractivity contribution in [2.45, 2.75) is 19.1 Å². The maximum atomic E-state index is 13.3. The number of nitrogens with one attached hydrogen (secondary N) is 1. The minimum atomic E-state index is -3.04. The average Bonchev–Trinajstić information content (AvgIpc) is 2.70. The zero-order valence-corrected chi connectivity index (χ0v) is 17.2.